The van der Waals surface area contributed by atoms with E-state index in [1.165, 1.54) is 0 Å². The largest absolute Gasteiger partial charge is 0.379 e. The van der Waals surface area contributed by atoms with E-state index in [4.69, 9.17) is 16.6 Å². The molecule has 0 spiro atoms. The number of nitrogens with one attached hydrogen (secondary N) is 1. The van der Waals surface area contributed by atoms with Gasteiger partial charge in [-0.3, -0.25) is 0 Å². The summed E-state index contributed by atoms with van der Waals surface area (Å²) in [6.45, 7) is 2.79. The summed E-state index contributed by atoms with van der Waals surface area (Å²) in [6.07, 6.45) is 2.01. The highest BCUT2D eigenvalue weighted by Crippen LogP contribution is 1.94. The van der Waals surface area contributed by atoms with Crippen molar-refractivity contribution in [2.24, 2.45) is 11.5 Å². The number of unbranched alkanes of at least 4 members (excludes halogenated alkanes) is 1. The first-order chi connectivity index (χ1) is 5.13. The van der Waals surface area contributed by atoms with Gasteiger partial charge in [-0.05, 0) is 32.7 Å². The maximum atomic E-state index is 8.69. The Morgan fingerprint density at radius 3 is 2.45 bits per heavy atom. The van der Waals surface area contributed by atoms with Gasteiger partial charge in [-0.1, -0.05) is 0 Å². The van der Waals surface area contributed by atoms with E-state index in [0.29, 0.717) is 6.42 Å². The van der Waals surface area contributed by atoms with Crippen LogP contribution in [0.3, 0.4) is 0 Å². The van der Waals surface area contributed by atoms with E-state index in [0.717, 1.165) is 19.4 Å². The predicted molar refractivity (Wildman–Crippen MR) is 45.7 cm³/mol. The third kappa shape index (κ3) is 9.84. The molecular weight excluding hydrogens is 142 g/mol. The van der Waals surface area contributed by atoms with Gasteiger partial charge in [-0.15, -0.1) is 0 Å². The third-order valence-electron chi connectivity index (χ3n) is 1.39. The summed E-state index contributed by atoms with van der Waals surface area (Å²) < 4.78 is 0. The standard InChI is InChI=1S/C7H19N3O/c1-6(8)10-5-3-2-4-7(9)11/h6-7,10-11H,2-5,8-9H2,1H3. The molecular formula is C7H19N3O. The Labute approximate surface area is 68.0 Å². The van der Waals surface area contributed by atoms with Gasteiger partial charge in [0.1, 0.15) is 6.23 Å². The minimum atomic E-state index is -0.662. The highest BCUT2D eigenvalue weighted by atomic mass is 16.3. The zero-order valence-corrected chi connectivity index (χ0v) is 7.09. The second kappa shape index (κ2) is 6.54. The van der Waals surface area contributed by atoms with Crippen LogP contribution >= 0.6 is 0 Å². The normalized spacial score (nSPS) is 16.4. The zero-order chi connectivity index (χ0) is 8.69. The summed E-state index contributed by atoms with van der Waals surface area (Å²) in [7, 11) is 0. The molecule has 4 heteroatoms. The number of nitrogens with two attached hydrogens (primary N) is 2. The van der Waals surface area contributed by atoms with E-state index < -0.39 is 6.23 Å². The lowest BCUT2D eigenvalue weighted by Crippen LogP contribution is -2.34. The number of rotatable bonds is 6. The summed E-state index contributed by atoms with van der Waals surface area (Å²) >= 11 is 0. The Hall–Kier alpha value is -0.160. The van der Waals surface area contributed by atoms with Crippen LogP contribution in [0.25, 0.3) is 0 Å². The van der Waals surface area contributed by atoms with Gasteiger partial charge in [0.25, 0.3) is 0 Å². The van der Waals surface area contributed by atoms with Crippen molar-refractivity contribution >= 4 is 0 Å². The van der Waals surface area contributed by atoms with Crippen molar-refractivity contribution in [3.63, 3.8) is 0 Å². The fourth-order valence-electron chi connectivity index (χ4n) is 0.808. The minimum absolute atomic E-state index is 0.0535. The Kier molecular flexibility index (Phi) is 6.45. The lowest BCUT2D eigenvalue weighted by Gasteiger charge is -2.08. The second-order valence-electron chi connectivity index (χ2n) is 2.81. The Morgan fingerprint density at radius 2 is 2.00 bits per heavy atom. The molecule has 0 saturated carbocycles. The molecule has 0 saturated heterocycles. The molecule has 0 bridgehead atoms. The predicted octanol–water partition coefficient (Wildman–Crippen LogP) is -0.672. The maximum absolute atomic E-state index is 8.69. The van der Waals surface area contributed by atoms with Crippen molar-refractivity contribution in [3.05, 3.63) is 0 Å². The fourth-order valence-corrected chi connectivity index (χ4v) is 0.808. The molecule has 0 amide bonds. The number of hydrogen-bond acceptors (Lipinski definition) is 4. The number of hydrogen-bond donors (Lipinski definition) is 4. The van der Waals surface area contributed by atoms with Crippen LogP contribution in [0.2, 0.25) is 0 Å². The van der Waals surface area contributed by atoms with Gasteiger partial charge in [0.05, 0.1) is 6.17 Å². The SMILES string of the molecule is CC(N)NCCCCC(N)O. The van der Waals surface area contributed by atoms with Gasteiger partial charge in [-0.2, -0.15) is 0 Å². The molecule has 0 radical (unpaired) electrons. The van der Waals surface area contributed by atoms with Crippen molar-refractivity contribution < 1.29 is 5.11 Å². The summed E-state index contributed by atoms with van der Waals surface area (Å²) in [5.41, 5.74) is 10.6. The summed E-state index contributed by atoms with van der Waals surface area (Å²) in [5.74, 6) is 0. The van der Waals surface area contributed by atoms with Crippen LogP contribution in [0.4, 0.5) is 0 Å². The molecule has 0 aromatic heterocycles. The molecule has 2 unspecified atom stereocenters. The number of aliphatic hydroxyl groups is 1. The van der Waals surface area contributed by atoms with Crippen LogP contribution < -0.4 is 16.8 Å². The highest BCUT2D eigenvalue weighted by Gasteiger charge is 1.95. The zero-order valence-electron chi connectivity index (χ0n) is 7.09. The van der Waals surface area contributed by atoms with Crippen molar-refractivity contribution in [1.29, 1.82) is 0 Å². The van der Waals surface area contributed by atoms with Crippen LogP contribution in [-0.4, -0.2) is 24.0 Å². The smallest absolute Gasteiger partial charge is 0.102 e. The molecule has 11 heavy (non-hydrogen) atoms. The highest BCUT2D eigenvalue weighted by molar-refractivity contribution is 4.53. The molecule has 68 valence electrons. The van der Waals surface area contributed by atoms with E-state index in [1.807, 2.05) is 6.92 Å². The lowest BCUT2D eigenvalue weighted by molar-refractivity contribution is 0.168. The topological polar surface area (TPSA) is 84.3 Å². The second-order valence-corrected chi connectivity index (χ2v) is 2.81. The van der Waals surface area contributed by atoms with Crippen LogP contribution in [0.5, 0.6) is 0 Å². The van der Waals surface area contributed by atoms with Crippen molar-refractivity contribution in [2.45, 2.75) is 38.6 Å². The first kappa shape index (κ1) is 10.8. The van der Waals surface area contributed by atoms with Gasteiger partial charge in [0, 0.05) is 0 Å². The molecule has 0 aliphatic rings. The Balaban J connectivity index is 2.91. The molecule has 0 aromatic carbocycles. The summed E-state index contributed by atoms with van der Waals surface area (Å²) in [4.78, 5) is 0. The summed E-state index contributed by atoms with van der Waals surface area (Å²) in [5, 5.41) is 11.8. The van der Waals surface area contributed by atoms with Crippen LogP contribution in [-0.2, 0) is 0 Å². The lowest BCUT2D eigenvalue weighted by atomic mass is 10.2. The van der Waals surface area contributed by atoms with Crippen LogP contribution in [0.1, 0.15) is 26.2 Å². The molecule has 2 atom stereocenters. The van der Waals surface area contributed by atoms with E-state index in [2.05, 4.69) is 5.32 Å². The fraction of sp³-hybridized carbons (Fsp3) is 1.00. The average Bonchev–Trinajstić information content (AvgIpc) is 1.85. The third-order valence-corrected chi connectivity index (χ3v) is 1.39. The van der Waals surface area contributed by atoms with Crippen molar-refractivity contribution in [1.82, 2.24) is 5.32 Å². The molecule has 4 nitrogen and oxygen atoms in total. The van der Waals surface area contributed by atoms with Gasteiger partial charge < -0.3 is 21.9 Å². The molecule has 0 aliphatic heterocycles. The van der Waals surface area contributed by atoms with E-state index in [-0.39, 0.29) is 6.17 Å². The van der Waals surface area contributed by atoms with Crippen LogP contribution in [0.15, 0.2) is 0 Å². The Morgan fingerprint density at radius 1 is 1.36 bits per heavy atom. The minimum Gasteiger partial charge on any atom is -0.379 e. The van der Waals surface area contributed by atoms with Gasteiger partial charge >= 0.3 is 0 Å². The van der Waals surface area contributed by atoms with Crippen LogP contribution in [0, 0.1) is 0 Å². The van der Waals surface area contributed by atoms with E-state index in [9.17, 15) is 0 Å². The van der Waals surface area contributed by atoms with E-state index >= 15 is 0 Å². The first-order valence-electron chi connectivity index (χ1n) is 4.05. The Bertz CT molecular complexity index is 75.8. The number of aliphatic hydroxyl groups excluding tert-OH is 1. The molecule has 0 fully saturated rings. The van der Waals surface area contributed by atoms with Crippen molar-refractivity contribution in [3.8, 4) is 0 Å². The molecule has 0 aromatic rings. The maximum Gasteiger partial charge on any atom is 0.102 e. The average molecular weight is 161 g/mol. The monoisotopic (exact) mass is 161 g/mol. The molecule has 0 heterocycles. The van der Waals surface area contributed by atoms with Crippen molar-refractivity contribution in [2.75, 3.05) is 6.54 Å². The van der Waals surface area contributed by atoms with Gasteiger partial charge in [-0.25, -0.2) is 0 Å². The van der Waals surface area contributed by atoms with Gasteiger partial charge in [0.2, 0.25) is 0 Å². The molecule has 0 aliphatic carbocycles. The molecule has 6 N–H and O–H groups in total. The van der Waals surface area contributed by atoms with Gasteiger partial charge in [0.15, 0.2) is 0 Å². The molecule has 0 rings (SSSR count). The quantitative estimate of drug-likeness (QED) is 0.307. The first-order valence-corrected chi connectivity index (χ1v) is 4.05. The van der Waals surface area contributed by atoms with E-state index in [1.54, 1.807) is 0 Å². The summed E-state index contributed by atoms with van der Waals surface area (Å²) in [6, 6.07) is 0.